The summed E-state index contributed by atoms with van der Waals surface area (Å²) in [7, 11) is 1.34. The first-order chi connectivity index (χ1) is 14.2. The van der Waals surface area contributed by atoms with Crippen molar-refractivity contribution in [1.82, 2.24) is 5.32 Å². The molecule has 1 atom stereocenters. The largest absolute Gasteiger partial charge is 0.467 e. The number of carbonyl (C=O) groups excluding carboxylic acids is 2. The van der Waals surface area contributed by atoms with Gasteiger partial charge in [-0.2, -0.15) is 0 Å². The molecule has 0 aromatic heterocycles. The Hall–Kier alpha value is -3.66. The fraction of sp³-hybridized carbons (Fsp3) is 0.120. The Labute approximate surface area is 169 Å². The summed E-state index contributed by atoms with van der Waals surface area (Å²) in [5, 5.41) is 6.85. The van der Waals surface area contributed by atoms with Gasteiger partial charge >= 0.3 is 5.97 Å². The number of amides is 1. The number of rotatable bonds is 5. The van der Waals surface area contributed by atoms with Crippen LogP contribution in [0, 0.1) is 0 Å². The molecule has 1 N–H and O–H groups in total. The minimum atomic E-state index is -0.780. The van der Waals surface area contributed by atoms with Gasteiger partial charge in [0.1, 0.15) is 6.04 Å². The molecule has 144 valence electrons. The zero-order chi connectivity index (χ0) is 20.2. The van der Waals surface area contributed by atoms with Crippen molar-refractivity contribution in [3.8, 4) is 0 Å². The van der Waals surface area contributed by atoms with Gasteiger partial charge in [-0.1, -0.05) is 78.9 Å². The summed E-state index contributed by atoms with van der Waals surface area (Å²) in [6.45, 7) is 0. The van der Waals surface area contributed by atoms with E-state index in [-0.39, 0.29) is 5.91 Å². The molecule has 0 saturated heterocycles. The number of hydrogen-bond donors (Lipinski definition) is 1. The molecule has 0 radical (unpaired) electrons. The normalized spacial score (nSPS) is 11.9. The van der Waals surface area contributed by atoms with Gasteiger partial charge in [0.2, 0.25) is 0 Å². The molecule has 0 unspecified atom stereocenters. The predicted molar refractivity (Wildman–Crippen MR) is 115 cm³/mol. The van der Waals surface area contributed by atoms with Crippen LogP contribution in [-0.4, -0.2) is 25.0 Å². The Kier molecular flexibility index (Phi) is 5.25. The summed E-state index contributed by atoms with van der Waals surface area (Å²) in [5.74, 6) is -0.760. The lowest BCUT2D eigenvalue weighted by Gasteiger charge is -2.18. The molecule has 0 aliphatic heterocycles. The number of esters is 1. The van der Waals surface area contributed by atoms with E-state index < -0.39 is 12.0 Å². The van der Waals surface area contributed by atoms with Crippen LogP contribution in [0.5, 0.6) is 0 Å². The van der Waals surface area contributed by atoms with Crippen molar-refractivity contribution in [2.75, 3.05) is 7.11 Å². The van der Waals surface area contributed by atoms with E-state index in [1.54, 1.807) is 6.07 Å². The van der Waals surface area contributed by atoms with Crippen LogP contribution in [0.3, 0.4) is 0 Å². The molecule has 0 saturated carbocycles. The highest BCUT2D eigenvalue weighted by Gasteiger charge is 2.24. The first-order valence-electron chi connectivity index (χ1n) is 9.50. The van der Waals surface area contributed by atoms with Crippen molar-refractivity contribution in [3.63, 3.8) is 0 Å². The Morgan fingerprint density at radius 1 is 0.793 bits per heavy atom. The summed E-state index contributed by atoms with van der Waals surface area (Å²) in [5.41, 5.74) is 1.52. The maximum absolute atomic E-state index is 13.0. The Balaban J connectivity index is 1.65. The SMILES string of the molecule is COC(=O)[C@H](Cc1cccc2ccccc12)NC(=O)c1cccc2ccccc12. The fourth-order valence-electron chi connectivity index (χ4n) is 3.69. The number of benzene rings is 4. The minimum absolute atomic E-state index is 0.294. The van der Waals surface area contributed by atoms with E-state index in [1.807, 2.05) is 78.9 Å². The van der Waals surface area contributed by atoms with Gasteiger partial charge in [0.25, 0.3) is 5.91 Å². The van der Waals surface area contributed by atoms with Crippen molar-refractivity contribution in [1.29, 1.82) is 0 Å². The number of fused-ring (bicyclic) bond motifs is 2. The van der Waals surface area contributed by atoms with E-state index in [2.05, 4.69) is 5.32 Å². The highest BCUT2D eigenvalue weighted by Crippen LogP contribution is 2.21. The van der Waals surface area contributed by atoms with Gasteiger partial charge in [0.15, 0.2) is 0 Å². The van der Waals surface area contributed by atoms with Crippen molar-refractivity contribution >= 4 is 33.4 Å². The van der Waals surface area contributed by atoms with E-state index in [0.717, 1.165) is 27.1 Å². The molecule has 4 nitrogen and oxygen atoms in total. The standard InChI is InChI=1S/C25H21NO3/c1-29-25(28)23(16-19-12-6-10-17-8-2-4-13-20(17)19)26-24(27)22-15-7-11-18-9-3-5-14-21(18)22/h2-15,23H,16H2,1H3,(H,26,27)/t23-/m0/s1. The zero-order valence-corrected chi connectivity index (χ0v) is 16.1. The van der Waals surface area contributed by atoms with Gasteiger partial charge in [-0.3, -0.25) is 4.79 Å². The van der Waals surface area contributed by atoms with Gasteiger partial charge in [-0.05, 0) is 33.2 Å². The van der Waals surface area contributed by atoms with Gasteiger partial charge in [0.05, 0.1) is 7.11 Å². The summed E-state index contributed by atoms with van der Waals surface area (Å²) < 4.78 is 4.97. The molecule has 0 fully saturated rings. The van der Waals surface area contributed by atoms with Crippen LogP contribution >= 0.6 is 0 Å². The Morgan fingerprint density at radius 3 is 2.10 bits per heavy atom. The van der Waals surface area contributed by atoms with Crippen molar-refractivity contribution in [2.24, 2.45) is 0 Å². The lowest BCUT2D eigenvalue weighted by molar-refractivity contribution is -0.142. The number of carbonyl (C=O) groups is 2. The second-order valence-corrected chi connectivity index (χ2v) is 6.92. The van der Waals surface area contributed by atoms with E-state index in [4.69, 9.17) is 4.74 Å². The lowest BCUT2D eigenvalue weighted by Crippen LogP contribution is -2.43. The summed E-state index contributed by atoms with van der Waals surface area (Å²) >= 11 is 0. The molecule has 0 spiro atoms. The number of hydrogen-bond acceptors (Lipinski definition) is 3. The summed E-state index contributed by atoms with van der Waals surface area (Å²) in [4.78, 5) is 25.5. The number of ether oxygens (including phenoxy) is 1. The van der Waals surface area contributed by atoms with Gasteiger partial charge in [-0.25, -0.2) is 4.79 Å². The first-order valence-corrected chi connectivity index (χ1v) is 9.50. The van der Waals surface area contributed by atoms with Gasteiger partial charge < -0.3 is 10.1 Å². The molecular weight excluding hydrogens is 362 g/mol. The minimum Gasteiger partial charge on any atom is -0.467 e. The zero-order valence-electron chi connectivity index (χ0n) is 16.1. The topological polar surface area (TPSA) is 55.4 Å². The monoisotopic (exact) mass is 383 g/mol. The highest BCUT2D eigenvalue weighted by atomic mass is 16.5. The average Bonchev–Trinajstić information content (AvgIpc) is 2.77. The van der Waals surface area contributed by atoms with Crippen LogP contribution in [-0.2, 0) is 16.0 Å². The molecule has 0 heterocycles. The molecule has 4 rings (SSSR count). The average molecular weight is 383 g/mol. The van der Waals surface area contributed by atoms with E-state index in [0.29, 0.717) is 12.0 Å². The summed E-state index contributed by atoms with van der Waals surface area (Å²) in [6, 6.07) is 26.4. The van der Waals surface area contributed by atoms with Crippen LogP contribution in [0.15, 0.2) is 84.9 Å². The molecule has 0 aliphatic rings. The van der Waals surface area contributed by atoms with E-state index >= 15 is 0 Å². The smallest absolute Gasteiger partial charge is 0.328 e. The molecule has 4 aromatic rings. The molecule has 4 aromatic carbocycles. The maximum atomic E-state index is 13.0. The third kappa shape index (κ3) is 3.83. The van der Waals surface area contributed by atoms with Crippen LogP contribution in [0.4, 0.5) is 0 Å². The van der Waals surface area contributed by atoms with Crippen LogP contribution in [0.2, 0.25) is 0 Å². The highest BCUT2D eigenvalue weighted by molar-refractivity contribution is 6.08. The Bertz CT molecular complexity index is 1190. The Morgan fingerprint density at radius 2 is 1.38 bits per heavy atom. The second kappa shape index (κ2) is 8.15. The van der Waals surface area contributed by atoms with E-state index in [9.17, 15) is 9.59 Å². The molecule has 0 aliphatic carbocycles. The number of methoxy groups -OCH3 is 1. The van der Waals surface area contributed by atoms with Crippen molar-refractivity contribution < 1.29 is 14.3 Å². The lowest BCUT2D eigenvalue weighted by atomic mass is 9.98. The molecule has 0 bridgehead atoms. The van der Waals surface area contributed by atoms with Crippen LogP contribution < -0.4 is 5.32 Å². The third-order valence-corrected chi connectivity index (χ3v) is 5.13. The number of nitrogens with one attached hydrogen (secondary N) is 1. The summed E-state index contributed by atoms with van der Waals surface area (Å²) in [6.07, 6.45) is 0.352. The molecule has 4 heteroatoms. The molecule has 1 amide bonds. The molecule has 29 heavy (non-hydrogen) atoms. The first kappa shape index (κ1) is 18.7. The maximum Gasteiger partial charge on any atom is 0.328 e. The van der Waals surface area contributed by atoms with Crippen molar-refractivity contribution in [2.45, 2.75) is 12.5 Å². The third-order valence-electron chi connectivity index (χ3n) is 5.13. The predicted octanol–water partition coefficient (Wildman–Crippen LogP) is 4.51. The van der Waals surface area contributed by atoms with Crippen LogP contribution in [0.25, 0.3) is 21.5 Å². The fourth-order valence-corrected chi connectivity index (χ4v) is 3.69. The van der Waals surface area contributed by atoms with Gasteiger partial charge in [0, 0.05) is 12.0 Å². The molecular formula is C25H21NO3. The van der Waals surface area contributed by atoms with Crippen molar-refractivity contribution in [3.05, 3.63) is 96.1 Å². The quantitative estimate of drug-likeness (QED) is 0.516. The second-order valence-electron chi connectivity index (χ2n) is 6.92. The van der Waals surface area contributed by atoms with Crippen LogP contribution in [0.1, 0.15) is 15.9 Å². The van der Waals surface area contributed by atoms with E-state index in [1.165, 1.54) is 7.11 Å². The van der Waals surface area contributed by atoms with Gasteiger partial charge in [-0.15, -0.1) is 0 Å².